The van der Waals surface area contributed by atoms with Crippen LogP contribution < -0.4 is 15.4 Å². The molecule has 2 amide bonds. The smallest absolute Gasteiger partial charge is 0.234 e. The van der Waals surface area contributed by atoms with Gasteiger partial charge in [-0.3, -0.25) is 9.59 Å². The molecule has 0 aromatic heterocycles. The number of thioether (sulfide) groups is 1. The number of methoxy groups -OCH3 is 1. The van der Waals surface area contributed by atoms with Crippen molar-refractivity contribution in [1.82, 2.24) is 5.32 Å². The number of amides is 2. The van der Waals surface area contributed by atoms with Gasteiger partial charge in [-0.15, -0.1) is 0 Å². The Balaban J connectivity index is 1.75. The van der Waals surface area contributed by atoms with Crippen molar-refractivity contribution in [3.05, 3.63) is 70.3 Å². The second-order valence-corrected chi connectivity index (χ2v) is 7.57. The minimum atomic E-state index is -0.307. The standard InChI is InChI=1S/C22H21N3O3S/c1-14-6-3-4-9-17(14)18-11-20(26)25-22(19(18)12-23)29-13-21(27)24-15-7-5-8-16(10-15)28-2/h3-10,18H,11,13H2,1-2H3,(H,24,27)(H,25,26). The highest BCUT2D eigenvalue weighted by Crippen LogP contribution is 2.37. The Hall–Kier alpha value is -3.24. The van der Waals surface area contributed by atoms with E-state index >= 15 is 0 Å². The molecule has 0 fully saturated rings. The lowest BCUT2D eigenvalue weighted by Crippen LogP contribution is -2.31. The van der Waals surface area contributed by atoms with Crippen LogP contribution in [0.3, 0.4) is 0 Å². The third kappa shape index (κ3) is 4.98. The van der Waals surface area contributed by atoms with Gasteiger partial charge in [-0.25, -0.2) is 0 Å². The lowest BCUT2D eigenvalue weighted by molar-refractivity contribution is -0.121. The number of ether oxygens (including phenoxy) is 1. The van der Waals surface area contributed by atoms with Crippen LogP contribution in [0.5, 0.6) is 5.75 Å². The Morgan fingerprint density at radius 2 is 2.10 bits per heavy atom. The van der Waals surface area contributed by atoms with Crippen molar-refractivity contribution >= 4 is 29.3 Å². The number of allylic oxidation sites excluding steroid dienone is 1. The summed E-state index contributed by atoms with van der Waals surface area (Å²) in [5.74, 6) is 0.0103. The van der Waals surface area contributed by atoms with Gasteiger partial charge < -0.3 is 15.4 Å². The lowest BCUT2D eigenvalue weighted by Gasteiger charge is -2.26. The van der Waals surface area contributed by atoms with E-state index in [2.05, 4.69) is 16.7 Å². The normalized spacial score (nSPS) is 16.0. The largest absolute Gasteiger partial charge is 0.497 e. The van der Waals surface area contributed by atoms with Crippen molar-refractivity contribution < 1.29 is 14.3 Å². The number of nitrogens with zero attached hydrogens (tertiary/aromatic N) is 1. The maximum Gasteiger partial charge on any atom is 0.234 e. The lowest BCUT2D eigenvalue weighted by atomic mass is 9.85. The zero-order valence-corrected chi connectivity index (χ0v) is 17.0. The first-order chi connectivity index (χ1) is 14.0. The van der Waals surface area contributed by atoms with Gasteiger partial charge in [0.2, 0.25) is 11.8 Å². The van der Waals surface area contributed by atoms with Gasteiger partial charge in [0.1, 0.15) is 5.75 Å². The van der Waals surface area contributed by atoms with Crippen molar-refractivity contribution in [2.75, 3.05) is 18.2 Å². The third-order valence-electron chi connectivity index (χ3n) is 4.62. The molecule has 1 unspecified atom stereocenters. The molecule has 0 aliphatic carbocycles. The van der Waals surface area contributed by atoms with Crippen molar-refractivity contribution in [2.24, 2.45) is 0 Å². The average Bonchev–Trinajstić information content (AvgIpc) is 2.72. The van der Waals surface area contributed by atoms with Gasteiger partial charge in [0.05, 0.1) is 29.5 Å². The molecule has 1 heterocycles. The highest BCUT2D eigenvalue weighted by Gasteiger charge is 2.30. The van der Waals surface area contributed by atoms with Gasteiger partial charge in [0.25, 0.3) is 0 Å². The van der Waals surface area contributed by atoms with Crippen LogP contribution in [-0.4, -0.2) is 24.7 Å². The summed E-state index contributed by atoms with van der Waals surface area (Å²) < 4.78 is 5.15. The number of aryl methyl sites for hydroxylation is 1. The SMILES string of the molecule is COc1cccc(NC(=O)CSC2=C(C#N)C(c3ccccc3C)CC(=O)N2)c1. The van der Waals surface area contributed by atoms with E-state index in [0.717, 1.165) is 22.9 Å². The summed E-state index contributed by atoms with van der Waals surface area (Å²) in [5.41, 5.74) is 3.09. The highest BCUT2D eigenvalue weighted by atomic mass is 32.2. The quantitative estimate of drug-likeness (QED) is 0.762. The predicted molar refractivity (Wildman–Crippen MR) is 113 cm³/mol. The van der Waals surface area contributed by atoms with E-state index < -0.39 is 0 Å². The summed E-state index contributed by atoms with van der Waals surface area (Å²) in [6.07, 6.45) is 0.216. The number of nitrogens with one attached hydrogen (secondary N) is 2. The molecule has 0 spiro atoms. The van der Waals surface area contributed by atoms with Crippen LogP contribution in [-0.2, 0) is 9.59 Å². The van der Waals surface area contributed by atoms with Gasteiger partial charge in [0.15, 0.2) is 0 Å². The Morgan fingerprint density at radius 1 is 1.31 bits per heavy atom. The average molecular weight is 407 g/mol. The zero-order valence-electron chi connectivity index (χ0n) is 16.2. The summed E-state index contributed by atoms with van der Waals surface area (Å²) in [4.78, 5) is 24.6. The monoisotopic (exact) mass is 407 g/mol. The molecule has 1 atom stereocenters. The van der Waals surface area contributed by atoms with Crippen molar-refractivity contribution in [3.63, 3.8) is 0 Å². The molecule has 148 valence electrons. The number of hydrogen-bond acceptors (Lipinski definition) is 5. The number of carbonyl (C=O) groups excluding carboxylic acids is 2. The van der Waals surface area contributed by atoms with E-state index in [1.807, 2.05) is 31.2 Å². The molecular formula is C22H21N3O3S. The molecule has 1 aliphatic heterocycles. The molecule has 0 radical (unpaired) electrons. The van der Waals surface area contributed by atoms with Crippen molar-refractivity contribution in [1.29, 1.82) is 5.26 Å². The molecule has 1 aliphatic rings. The first kappa shape index (κ1) is 20.5. The van der Waals surface area contributed by atoms with E-state index in [4.69, 9.17) is 4.74 Å². The maximum absolute atomic E-state index is 12.3. The predicted octanol–water partition coefficient (Wildman–Crippen LogP) is 3.71. The first-order valence-corrected chi connectivity index (χ1v) is 10.1. The maximum atomic E-state index is 12.3. The number of nitriles is 1. The number of benzene rings is 2. The van der Waals surface area contributed by atoms with Gasteiger partial charge in [-0.2, -0.15) is 5.26 Å². The molecule has 0 saturated heterocycles. The topological polar surface area (TPSA) is 91.2 Å². The van der Waals surface area contributed by atoms with Crippen LogP contribution in [0.2, 0.25) is 0 Å². The van der Waals surface area contributed by atoms with Crippen LogP contribution in [0, 0.1) is 18.3 Å². The summed E-state index contributed by atoms with van der Waals surface area (Å²) in [5, 5.41) is 15.7. The van der Waals surface area contributed by atoms with Crippen molar-refractivity contribution in [3.8, 4) is 11.8 Å². The summed E-state index contributed by atoms with van der Waals surface area (Å²) in [7, 11) is 1.56. The van der Waals surface area contributed by atoms with Gasteiger partial charge >= 0.3 is 0 Å². The fraction of sp³-hybridized carbons (Fsp3) is 0.227. The molecule has 3 rings (SSSR count). The fourth-order valence-corrected chi connectivity index (χ4v) is 4.09. The number of hydrogen-bond donors (Lipinski definition) is 2. The van der Waals surface area contributed by atoms with Crippen LogP contribution in [0.1, 0.15) is 23.5 Å². The van der Waals surface area contributed by atoms with Crippen molar-refractivity contribution in [2.45, 2.75) is 19.3 Å². The molecule has 2 aromatic carbocycles. The number of carbonyl (C=O) groups is 2. The third-order valence-corrected chi connectivity index (χ3v) is 5.64. The molecule has 7 heteroatoms. The highest BCUT2D eigenvalue weighted by molar-refractivity contribution is 8.03. The van der Waals surface area contributed by atoms with Gasteiger partial charge in [-0.1, -0.05) is 42.1 Å². The summed E-state index contributed by atoms with van der Waals surface area (Å²) in [6.45, 7) is 1.96. The molecule has 6 nitrogen and oxygen atoms in total. The van der Waals surface area contributed by atoms with Gasteiger partial charge in [0, 0.05) is 24.1 Å². The van der Waals surface area contributed by atoms with Crippen LogP contribution >= 0.6 is 11.8 Å². The minimum absolute atomic E-state index is 0.0680. The molecule has 0 bridgehead atoms. The molecule has 2 aromatic rings. The van der Waals surface area contributed by atoms with E-state index in [1.54, 1.807) is 31.4 Å². The van der Waals surface area contributed by atoms with E-state index in [-0.39, 0.29) is 29.9 Å². The fourth-order valence-electron chi connectivity index (χ4n) is 3.21. The molecule has 0 saturated carbocycles. The second-order valence-electron chi connectivity index (χ2n) is 6.58. The van der Waals surface area contributed by atoms with E-state index in [1.165, 1.54) is 0 Å². The van der Waals surface area contributed by atoms with Crippen LogP contribution in [0.15, 0.2) is 59.1 Å². The summed E-state index contributed by atoms with van der Waals surface area (Å²) >= 11 is 1.16. The molecular weight excluding hydrogens is 386 g/mol. The van der Waals surface area contributed by atoms with Crippen LogP contribution in [0.25, 0.3) is 0 Å². The summed E-state index contributed by atoms with van der Waals surface area (Å²) in [6, 6.07) is 17.0. The Labute approximate surface area is 173 Å². The van der Waals surface area contributed by atoms with E-state index in [9.17, 15) is 14.9 Å². The Morgan fingerprint density at radius 3 is 2.83 bits per heavy atom. The molecule has 29 heavy (non-hydrogen) atoms. The van der Waals surface area contributed by atoms with Crippen LogP contribution in [0.4, 0.5) is 5.69 Å². The first-order valence-electron chi connectivity index (χ1n) is 9.08. The number of anilines is 1. The number of rotatable bonds is 6. The van der Waals surface area contributed by atoms with Gasteiger partial charge in [-0.05, 0) is 30.2 Å². The Kier molecular flexibility index (Phi) is 6.57. The zero-order chi connectivity index (χ0) is 20.8. The van der Waals surface area contributed by atoms with E-state index in [0.29, 0.717) is 22.0 Å². The molecule has 2 N–H and O–H groups in total. The Bertz CT molecular complexity index is 1010. The second kappa shape index (κ2) is 9.30. The minimum Gasteiger partial charge on any atom is -0.497 e.